The van der Waals surface area contributed by atoms with Crippen LogP contribution in [0.15, 0.2) is 70.0 Å². The Hall–Kier alpha value is -3.26. The van der Waals surface area contributed by atoms with Gasteiger partial charge >= 0.3 is 6.01 Å². The number of carbonyl (C=O) groups is 1. The van der Waals surface area contributed by atoms with Crippen molar-refractivity contribution in [1.29, 1.82) is 0 Å². The lowest BCUT2D eigenvalue weighted by molar-refractivity contribution is -0.112. The molecule has 3 aromatic rings. The standard InChI is InChI=1S/C18H15N3O4S/c1-26(23,24)15-10-6-5-9-14(15)17-20-21-18(25-17)19-16(22)12-11-13-7-3-2-4-8-13/h2-12H,1H3,(H,19,21,22)/b12-11+. The third-order valence-electron chi connectivity index (χ3n) is 3.40. The van der Waals surface area contributed by atoms with Gasteiger partial charge in [0.1, 0.15) is 0 Å². The van der Waals surface area contributed by atoms with Crippen LogP contribution in [0.4, 0.5) is 6.01 Å². The predicted octanol–water partition coefficient (Wildman–Crippen LogP) is 2.79. The molecule has 0 spiro atoms. The van der Waals surface area contributed by atoms with Gasteiger partial charge in [-0.2, -0.15) is 0 Å². The molecule has 0 aliphatic heterocycles. The van der Waals surface area contributed by atoms with Gasteiger partial charge in [-0.05, 0) is 23.8 Å². The van der Waals surface area contributed by atoms with Gasteiger partial charge in [-0.3, -0.25) is 10.1 Å². The number of nitrogens with zero attached hydrogens (tertiary/aromatic N) is 2. The van der Waals surface area contributed by atoms with E-state index in [1.165, 1.54) is 12.1 Å². The molecule has 0 atom stereocenters. The number of amides is 1. The summed E-state index contributed by atoms with van der Waals surface area (Å²) in [6.07, 6.45) is 4.08. The number of anilines is 1. The van der Waals surface area contributed by atoms with E-state index in [1.54, 1.807) is 24.3 Å². The molecule has 0 saturated heterocycles. The molecular formula is C18H15N3O4S. The fourth-order valence-corrected chi connectivity index (χ4v) is 3.11. The Morgan fingerprint density at radius 2 is 1.73 bits per heavy atom. The maximum absolute atomic E-state index is 11.9. The smallest absolute Gasteiger partial charge is 0.322 e. The summed E-state index contributed by atoms with van der Waals surface area (Å²) in [5.74, 6) is -0.436. The molecule has 3 rings (SSSR count). The summed E-state index contributed by atoms with van der Waals surface area (Å²) in [6.45, 7) is 0. The van der Waals surface area contributed by atoms with Crippen molar-refractivity contribution < 1.29 is 17.6 Å². The van der Waals surface area contributed by atoms with Gasteiger partial charge in [-0.1, -0.05) is 47.6 Å². The molecule has 2 aromatic carbocycles. The summed E-state index contributed by atoms with van der Waals surface area (Å²) in [4.78, 5) is 12.0. The number of hydrogen-bond donors (Lipinski definition) is 1. The molecule has 1 aromatic heterocycles. The first-order valence-corrected chi connectivity index (χ1v) is 9.50. The van der Waals surface area contributed by atoms with Crippen molar-refractivity contribution in [3.8, 4) is 11.5 Å². The average molecular weight is 369 g/mol. The minimum atomic E-state index is -3.46. The highest BCUT2D eigenvalue weighted by atomic mass is 32.2. The van der Waals surface area contributed by atoms with Crippen LogP contribution < -0.4 is 5.32 Å². The number of nitrogens with one attached hydrogen (secondary N) is 1. The monoisotopic (exact) mass is 369 g/mol. The molecule has 0 aliphatic rings. The van der Waals surface area contributed by atoms with Crippen LogP contribution in [0, 0.1) is 0 Å². The van der Waals surface area contributed by atoms with Crippen LogP contribution in [-0.2, 0) is 14.6 Å². The number of aromatic nitrogens is 2. The molecule has 0 aliphatic carbocycles. The van der Waals surface area contributed by atoms with Crippen molar-refractivity contribution in [2.45, 2.75) is 4.90 Å². The van der Waals surface area contributed by atoms with Crippen LogP contribution in [-0.4, -0.2) is 30.8 Å². The molecule has 1 amide bonds. The van der Waals surface area contributed by atoms with Crippen molar-refractivity contribution in [2.75, 3.05) is 11.6 Å². The molecule has 0 saturated carbocycles. The number of hydrogen-bond acceptors (Lipinski definition) is 6. The summed E-state index contributed by atoms with van der Waals surface area (Å²) in [5, 5.41) is 9.99. The molecule has 8 heteroatoms. The lowest BCUT2D eigenvalue weighted by Crippen LogP contribution is -2.07. The molecule has 0 bridgehead atoms. The zero-order chi connectivity index (χ0) is 18.6. The number of rotatable bonds is 5. The topological polar surface area (TPSA) is 102 Å². The Bertz CT molecular complexity index is 1060. The lowest BCUT2D eigenvalue weighted by atomic mass is 10.2. The van der Waals surface area contributed by atoms with Gasteiger partial charge in [0, 0.05) is 12.3 Å². The molecule has 1 heterocycles. The van der Waals surface area contributed by atoms with E-state index >= 15 is 0 Å². The Labute approximate surface area is 150 Å². The Kier molecular flexibility index (Phi) is 4.94. The first-order chi connectivity index (χ1) is 12.4. The summed E-state index contributed by atoms with van der Waals surface area (Å²) in [5.41, 5.74) is 1.15. The van der Waals surface area contributed by atoms with Crippen LogP contribution in [0.25, 0.3) is 17.5 Å². The van der Waals surface area contributed by atoms with Gasteiger partial charge in [0.05, 0.1) is 10.5 Å². The SMILES string of the molecule is CS(=O)(=O)c1ccccc1-c1nnc(NC(=O)/C=C/c2ccccc2)o1. The van der Waals surface area contributed by atoms with Crippen LogP contribution in [0.5, 0.6) is 0 Å². The van der Waals surface area contributed by atoms with E-state index in [9.17, 15) is 13.2 Å². The van der Waals surface area contributed by atoms with E-state index in [4.69, 9.17) is 4.42 Å². The Morgan fingerprint density at radius 3 is 2.46 bits per heavy atom. The Balaban J connectivity index is 1.77. The summed E-state index contributed by atoms with van der Waals surface area (Å²) in [6, 6.07) is 15.5. The second-order valence-corrected chi connectivity index (χ2v) is 7.40. The van der Waals surface area contributed by atoms with E-state index in [2.05, 4.69) is 15.5 Å². The first-order valence-electron chi connectivity index (χ1n) is 7.60. The summed E-state index contributed by atoms with van der Waals surface area (Å²) < 4.78 is 29.1. The largest absolute Gasteiger partial charge is 0.403 e. The highest BCUT2D eigenvalue weighted by Gasteiger charge is 2.18. The maximum Gasteiger partial charge on any atom is 0.322 e. The summed E-state index contributed by atoms with van der Waals surface area (Å²) >= 11 is 0. The van der Waals surface area contributed by atoms with Crippen LogP contribution in [0.2, 0.25) is 0 Å². The molecular weight excluding hydrogens is 354 g/mol. The minimum absolute atomic E-state index is 0.00774. The number of benzene rings is 2. The molecule has 1 N–H and O–H groups in total. The zero-order valence-corrected chi connectivity index (χ0v) is 14.6. The van der Waals surface area contributed by atoms with E-state index < -0.39 is 15.7 Å². The van der Waals surface area contributed by atoms with Gasteiger partial charge in [0.25, 0.3) is 11.8 Å². The molecule has 0 radical (unpaired) electrons. The van der Waals surface area contributed by atoms with Crippen molar-refractivity contribution >= 4 is 27.8 Å². The van der Waals surface area contributed by atoms with Crippen LogP contribution >= 0.6 is 0 Å². The normalized spacial score (nSPS) is 11.6. The molecule has 26 heavy (non-hydrogen) atoms. The predicted molar refractivity (Wildman–Crippen MR) is 96.9 cm³/mol. The quantitative estimate of drug-likeness (QED) is 0.694. The van der Waals surface area contributed by atoms with E-state index in [0.29, 0.717) is 0 Å². The van der Waals surface area contributed by atoms with Gasteiger partial charge in [-0.15, -0.1) is 5.10 Å². The van der Waals surface area contributed by atoms with Crippen molar-refractivity contribution in [3.63, 3.8) is 0 Å². The van der Waals surface area contributed by atoms with E-state index in [-0.39, 0.29) is 22.4 Å². The third kappa shape index (κ3) is 4.22. The fourth-order valence-electron chi connectivity index (χ4n) is 2.23. The van der Waals surface area contributed by atoms with Gasteiger partial charge in [0.2, 0.25) is 0 Å². The zero-order valence-electron chi connectivity index (χ0n) is 13.8. The average Bonchev–Trinajstić information content (AvgIpc) is 3.08. The van der Waals surface area contributed by atoms with Crippen LogP contribution in [0.3, 0.4) is 0 Å². The second kappa shape index (κ2) is 7.32. The number of carbonyl (C=O) groups excluding carboxylic acids is 1. The Morgan fingerprint density at radius 1 is 1.04 bits per heavy atom. The van der Waals surface area contributed by atoms with E-state index in [1.807, 2.05) is 30.3 Å². The first kappa shape index (κ1) is 17.6. The minimum Gasteiger partial charge on any atom is -0.403 e. The van der Waals surface area contributed by atoms with Gasteiger partial charge in [-0.25, -0.2) is 8.42 Å². The van der Waals surface area contributed by atoms with Crippen LogP contribution in [0.1, 0.15) is 5.56 Å². The molecule has 132 valence electrons. The highest BCUT2D eigenvalue weighted by molar-refractivity contribution is 7.90. The van der Waals surface area contributed by atoms with Crippen molar-refractivity contribution in [1.82, 2.24) is 10.2 Å². The van der Waals surface area contributed by atoms with Gasteiger partial charge < -0.3 is 4.42 Å². The van der Waals surface area contributed by atoms with Crippen molar-refractivity contribution in [2.24, 2.45) is 0 Å². The van der Waals surface area contributed by atoms with Gasteiger partial charge in [0.15, 0.2) is 9.84 Å². The summed E-state index contributed by atoms with van der Waals surface area (Å²) in [7, 11) is -3.46. The van der Waals surface area contributed by atoms with E-state index in [0.717, 1.165) is 11.8 Å². The third-order valence-corrected chi connectivity index (χ3v) is 4.55. The maximum atomic E-state index is 11.9. The van der Waals surface area contributed by atoms with Crippen molar-refractivity contribution in [3.05, 3.63) is 66.2 Å². The molecule has 0 unspecified atom stereocenters. The molecule has 0 fully saturated rings. The fraction of sp³-hybridized carbons (Fsp3) is 0.0556. The number of sulfone groups is 1. The highest BCUT2D eigenvalue weighted by Crippen LogP contribution is 2.27. The lowest BCUT2D eigenvalue weighted by Gasteiger charge is -2.03. The second-order valence-electron chi connectivity index (χ2n) is 5.41. The molecule has 7 nitrogen and oxygen atoms in total.